The van der Waals surface area contributed by atoms with Gasteiger partial charge in [0, 0.05) is 30.4 Å². The van der Waals surface area contributed by atoms with Crippen LogP contribution in [0.3, 0.4) is 0 Å². The Hall–Kier alpha value is -2.76. The zero-order valence-corrected chi connectivity index (χ0v) is 12.2. The summed E-state index contributed by atoms with van der Waals surface area (Å²) < 4.78 is 26.5. The molecule has 0 unspecified atom stereocenters. The molecule has 1 aliphatic rings. The fourth-order valence-electron chi connectivity index (χ4n) is 2.54. The van der Waals surface area contributed by atoms with Gasteiger partial charge in [0.05, 0.1) is 5.56 Å². The van der Waals surface area contributed by atoms with Crippen molar-refractivity contribution in [1.82, 2.24) is 0 Å². The molecule has 1 fully saturated rings. The minimum absolute atomic E-state index is 0.0399. The van der Waals surface area contributed by atoms with Crippen LogP contribution >= 0.6 is 0 Å². The van der Waals surface area contributed by atoms with Crippen LogP contribution in [0.4, 0.5) is 20.2 Å². The van der Waals surface area contributed by atoms with Crippen molar-refractivity contribution in [3.63, 3.8) is 0 Å². The summed E-state index contributed by atoms with van der Waals surface area (Å²) in [5.41, 5.74) is 0.884. The lowest BCUT2D eigenvalue weighted by molar-refractivity contribution is -0.117. The molecule has 118 valence electrons. The number of hydrogen-bond acceptors (Lipinski definition) is 2. The van der Waals surface area contributed by atoms with Gasteiger partial charge >= 0.3 is 0 Å². The number of amides is 2. The highest BCUT2D eigenvalue weighted by molar-refractivity contribution is 6.05. The molecule has 1 heterocycles. The maximum Gasteiger partial charge on any atom is 0.258 e. The molecule has 2 amide bonds. The summed E-state index contributed by atoms with van der Waals surface area (Å²) in [5.74, 6) is -2.30. The summed E-state index contributed by atoms with van der Waals surface area (Å²) in [6, 6.07) is 9.56. The van der Waals surface area contributed by atoms with Crippen LogP contribution in [0.25, 0.3) is 0 Å². The Kier molecular flexibility index (Phi) is 4.06. The van der Waals surface area contributed by atoms with Crippen LogP contribution in [-0.2, 0) is 4.79 Å². The largest absolute Gasteiger partial charge is 0.322 e. The Labute approximate surface area is 131 Å². The van der Waals surface area contributed by atoms with E-state index in [1.807, 2.05) is 0 Å². The van der Waals surface area contributed by atoms with Crippen molar-refractivity contribution in [2.45, 2.75) is 12.8 Å². The van der Waals surface area contributed by atoms with E-state index in [0.717, 1.165) is 18.6 Å². The van der Waals surface area contributed by atoms with Gasteiger partial charge in [0.2, 0.25) is 5.91 Å². The van der Waals surface area contributed by atoms with Gasteiger partial charge in [-0.25, -0.2) is 8.78 Å². The van der Waals surface area contributed by atoms with Crippen LogP contribution in [-0.4, -0.2) is 18.4 Å². The predicted molar refractivity (Wildman–Crippen MR) is 82.3 cm³/mol. The highest BCUT2D eigenvalue weighted by atomic mass is 19.1. The fraction of sp³-hybridized carbons (Fsp3) is 0.176. The molecule has 1 saturated heterocycles. The van der Waals surface area contributed by atoms with Crippen molar-refractivity contribution in [2.24, 2.45) is 0 Å². The smallest absolute Gasteiger partial charge is 0.258 e. The maximum absolute atomic E-state index is 13.6. The first kappa shape index (κ1) is 15.1. The molecule has 23 heavy (non-hydrogen) atoms. The Morgan fingerprint density at radius 2 is 1.96 bits per heavy atom. The summed E-state index contributed by atoms with van der Waals surface area (Å²) in [6.07, 6.45) is 1.31. The topological polar surface area (TPSA) is 49.4 Å². The highest BCUT2D eigenvalue weighted by Gasteiger charge is 2.22. The van der Waals surface area contributed by atoms with E-state index in [1.54, 1.807) is 29.2 Å². The van der Waals surface area contributed by atoms with Gasteiger partial charge in [-0.2, -0.15) is 0 Å². The molecule has 0 spiro atoms. The lowest BCUT2D eigenvalue weighted by Gasteiger charge is -2.16. The second-order valence-corrected chi connectivity index (χ2v) is 5.28. The second kappa shape index (κ2) is 6.16. The first-order valence-electron chi connectivity index (χ1n) is 7.21. The Bertz CT molecular complexity index is 777. The number of carbonyl (C=O) groups excluding carboxylic acids is 2. The van der Waals surface area contributed by atoms with Gasteiger partial charge in [0.25, 0.3) is 5.91 Å². The summed E-state index contributed by atoms with van der Waals surface area (Å²) >= 11 is 0. The molecular weight excluding hydrogens is 302 g/mol. The van der Waals surface area contributed by atoms with E-state index in [9.17, 15) is 18.4 Å². The van der Waals surface area contributed by atoms with Crippen molar-refractivity contribution in [2.75, 3.05) is 16.8 Å². The van der Waals surface area contributed by atoms with Gasteiger partial charge in [0.15, 0.2) is 0 Å². The molecule has 3 rings (SSSR count). The predicted octanol–water partition coefficient (Wildman–Crippen LogP) is 3.34. The van der Waals surface area contributed by atoms with E-state index in [0.29, 0.717) is 30.4 Å². The summed E-state index contributed by atoms with van der Waals surface area (Å²) in [4.78, 5) is 25.5. The third kappa shape index (κ3) is 3.21. The van der Waals surface area contributed by atoms with E-state index in [1.165, 1.54) is 0 Å². The Balaban J connectivity index is 1.80. The number of rotatable bonds is 3. The Morgan fingerprint density at radius 3 is 2.65 bits per heavy atom. The molecule has 6 heteroatoms. The molecule has 1 N–H and O–H groups in total. The summed E-state index contributed by atoms with van der Waals surface area (Å²) in [7, 11) is 0. The lowest BCUT2D eigenvalue weighted by Crippen LogP contribution is -2.23. The average Bonchev–Trinajstić information content (AvgIpc) is 2.93. The van der Waals surface area contributed by atoms with Gasteiger partial charge in [-0.1, -0.05) is 6.07 Å². The molecule has 4 nitrogen and oxygen atoms in total. The molecule has 0 atom stereocenters. The number of anilines is 2. The summed E-state index contributed by atoms with van der Waals surface area (Å²) in [6.45, 7) is 0.642. The standard InChI is InChI=1S/C17H14F2N2O2/c18-11-6-7-14(15(19)9-11)17(23)20-12-3-1-4-13(10-12)21-8-2-5-16(21)22/h1,3-4,6-7,9-10H,2,5,8H2,(H,20,23). The quantitative estimate of drug-likeness (QED) is 0.944. The van der Waals surface area contributed by atoms with Gasteiger partial charge in [-0.15, -0.1) is 0 Å². The van der Waals surface area contributed by atoms with E-state index in [2.05, 4.69) is 5.32 Å². The summed E-state index contributed by atoms with van der Waals surface area (Å²) in [5, 5.41) is 2.56. The minimum atomic E-state index is -0.923. The third-order valence-corrected chi connectivity index (χ3v) is 3.66. The highest BCUT2D eigenvalue weighted by Crippen LogP contribution is 2.24. The molecule has 0 aromatic heterocycles. The molecule has 0 aliphatic carbocycles. The normalized spacial score (nSPS) is 14.2. The van der Waals surface area contributed by atoms with Crippen molar-refractivity contribution in [3.05, 3.63) is 59.7 Å². The van der Waals surface area contributed by atoms with Gasteiger partial charge in [0.1, 0.15) is 11.6 Å². The van der Waals surface area contributed by atoms with E-state index >= 15 is 0 Å². The van der Waals surface area contributed by atoms with Crippen molar-refractivity contribution >= 4 is 23.2 Å². The van der Waals surface area contributed by atoms with E-state index in [-0.39, 0.29) is 11.5 Å². The fourth-order valence-corrected chi connectivity index (χ4v) is 2.54. The average molecular weight is 316 g/mol. The number of benzene rings is 2. The number of nitrogens with one attached hydrogen (secondary N) is 1. The molecule has 2 aromatic carbocycles. The number of halogens is 2. The van der Waals surface area contributed by atoms with Gasteiger partial charge in [-0.05, 0) is 36.8 Å². The zero-order chi connectivity index (χ0) is 16.4. The Morgan fingerprint density at radius 1 is 1.13 bits per heavy atom. The maximum atomic E-state index is 13.6. The van der Waals surface area contributed by atoms with Crippen LogP contribution in [0, 0.1) is 11.6 Å². The minimum Gasteiger partial charge on any atom is -0.322 e. The van der Waals surface area contributed by atoms with Crippen LogP contribution in [0.1, 0.15) is 23.2 Å². The molecule has 0 saturated carbocycles. The van der Waals surface area contributed by atoms with Crippen LogP contribution in [0.5, 0.6) is 0 Å². The molecule has 0 bridgehead atoms. The van der Waals surface area contributed by atoms with Crippen LogP contribution < -0.4 is 10.2 Å². The van der Waals surface area contributed by atoms with Crippen molar-refractivity contribution < 1.29 is 18.4 Å². The first-order valence-corrected chi connectivity index (χ1v) is 7.21. The van der Waals surface area contributed by atoms with Crippen LogP contribution in [0.2, 0.25) is 0 Å². The molecule has 0 radical (unpaired) electrons. The zero-order valence-electron chi connectivity index (χ0n) is 12.2. The monoisotopic (exact) mass is 316 g/mol. The van der Waals surface area contributed by atoms with E-state index in [4.69, 9.17) is 0 Å². The lowest BCUT2D eigenvalue weighted by atomic mass is 10.2. The third-order valence-electron chi connectivity index (χ3n) is 3.66. The SMILES string of the molecule is O=C(Nc1cccc(N2CCCC2=O)c1)c1ccc(F)cc1F. The van der Waals surface area contributed by atoms with Crippen LogP contribution in [0.15, 0.2) is 42.5 Å². The van der Waals surface area contributed by atoms with Gasteiger partial charge < -0.3 is 10.2 Å². The number of nitrogens with zero attached hydrogens (tertiary/aromatic N) is 1. The van der Waals surface area contributed by atoms with Gasteiger partial charge in [-0.3, -0.25) is 9.59 Å². The van der Waals surface area contributed by atoms with Crippen molar-refractivity contribution in [3.8, 4) is 0 Å². The van der Waals surface area contributed by atoms with E-state index < -0.39 is 17.5 Å². The molecular formula is C17H14F2N2O2. The number of carbonyl (C=O) groups is 2. The molecule has 1 aliphatic heterocycles. The first-order chi connectivity index (χ1) is 11.0. The second-order valence-electron chi connectivity index (χ2n) is 5.28. The number of hydrogen-bond donors (Lipinski definition) is 1. The molecule has 2 aromatic rings. The van der Waals surface area contributed by atoms with Crippen molar-refractivity contribution in [1.29, 1.82) is 0 Å².